The Morgan fingerprint density at radius 3 is 2.21 bits per heavy atom. The molecule has 0 aliphatic carbocycles. The van der Waals surface area contributed by atoms with Crippen LogP contribution in [-0.4, -0.2) is 39.8 Å². The molecule has 15 heteroatoms. The van der Waals surface area contributed by atoms with Gasteiger partial charge in [0.15, 0.2) is 5.13 Å². The Morgan fingerprint density at radius 2 is 1.58 bits per heavy atom. The minimum Gasteiger partial charge on any atom is -0.497 e. The van der Waals surface area contributed by atoms with E-state index in [9.17, 15) is 31.7 Å². The van der Waals surface area contributed by atoms with Gasteiger partial charge >= 0.3 is 0 Å². The van der Waals surface area contributed by atoms with E-state index in [-0.39, 0.29) is 36.1 Å². The van der Waals surface area contributed by atoms with E-state index in [2.05, 4.69) is 15.0 Å². The zero-order valence-electron chi connectivity index (χ0n) is 19.4. The quantitative estimate of drug-likeness (QED) is 0.221. The second kappa shape index (κ2) is 10.6. The number of aromatic nitrogens is 1. The van der Waals surface area contributed by atoms with Crippen molar-refractivity contribution in [1.29, 1.82) is 0 Å². The highest BCUT2D eigenvalue weighted by Gasteiger charge is 2.24. The fourth-order valence-electron chi connectivity index (χ4n) is 3.20. The number of sulfonamides is 1. The number of carbonyl (C=O) groups is 1. The molecule has 0 bridgehead atoms. The maximum absolute atomic E-state index is 13.0. The van der Waals surface area contributed by atoms with Crippen LogP contribution >= 0.6 is 11.3 Å². The van der Waals surface area contributed by atoms with Gasteiger partial charge in [-0.25, -0.2) is 21.8 Å². The van der Waals surface area contributed by atoms with Gasteiger partial charge in [0.2, 0.25) is 9.84 Å². The van der Waals surface area contributed by atoms with Crippen LogP contribution in [0.15, 0.2) is 93.0 Å². The van der Waals surface area contributed by atoms with Crippen LogP contribution in [0.4, 0.5) is 16.5 Å². The molecule has 12 nitrogen and oxygen atoms in total. The Bertz CT molecular complexity index is 1720. The van der Waals surface area contributed by atoms with Gasteiger partial charge in [0.1, 0.15) is 9.96 Å². The summed E-state index contributed by atoms with van der Waals surface area (Å²) in [5.41, 5.74) is -0.293. The van der Waals surface area contributed by atoms with E-state index in [0.717, 1.165) is 30.5 Å². The molecule has 4 rings (SSSR count). The van der Waals surface area contributed by atoms with Crippen molar-refractivity contribution in [2.45, 2.75) is 14.0 Å². The van der Waals surface area contributed by atoms with E-state index in [0.29, 0.717) is 17.1 Å². The fourth-order valence-corrected chi connectivity index (χ4v) is 6.70. The monoisotopic (exact) mass is 574 g/mol. The van der Waals surface area contributed by atoms with E-state index in [4.69, 9.17) is 4.74 Å². The predicted octanol–water partition coefficient (Wildman–Crippen LogP) is 3.95. The molecule has 0 saturated carbocycles. The number of rotatable bonds is 9. The maximum atomic E-state index is 13.0. The largest absolute Gasteiger partial charge is 0.497 e. The van der Waals surface area contributed by atoms with Gasteiger partial charge in [-0.2, -0.15) is 0 Å². The van der Waals surface area contributed by atoms with Gasteiger partial charge in [0.25, 0.3) is 21.6 Å². The number of nitro benzene ring substituents is 1. The summed E-state index contributed by atoms with van der Waals surface area (Å²) in [5, 5.41) is 13.2. The molecule has 0 spiro atoms. The van der Waals surface area contributed by atoms with Crippen molar-refractivity contribution in [3.63, 3.8) is 0 Å². The first-order valence-corrected chi connectivity index (χ1v) is 14.3. The Kier molecular flexibility index (Phi) is 7.43. The second-order valence-corrected chi connectivity index (χ2v) is 12.4. The Morgan fingerprint density at radius 1 is 0.947 bits per heavy atom. The van der Waals surface area contributed by atoms with E-state index in [1.807, 2.05) is 0 Å². The van der Waals surface area contributed by atoms with Crippen LogP contribution in [0, 0.1) is 10.1 Å². The number of methoxy groups -OCH3 is 1. The van der Waals surface area contributed by atoms with Crippen LogP contribution in [0.3, 0.4) is 0 Å². The lowest BCUT2D eigenvalue weighted by atomic mass is 10.2. The van der Waals surface area contributed by atoms with Crippen LogP contribution < -0.4 is 14.8 Å². The van der Waals surface area contributed by atoms with Crippen molar-refractivity contribution in [1.82, 2.24) is 4.98 Å². The number of nitro groups is 1. The van der Waals surface area contributed by atoms with Crippen molar-refractivity contribution in [3.8, 4) is 5.75 Å². The fraction of sp³-hybridized carbons (Fsp3) is 0.0435. The van der Waals surface area contributed by atoms with Crippen LogP contribution in [0.25, 0.3) is 0 Å². The molecule has 0 aliphatic rings. The van der Waals surface area contributed by atoms with E-state index in [1.54, 1.807) is 6.07 Å². The van der Waals surface area contributed by atoms with E-state index >= 15 is 0 Å². The van der Waals surface area contributed by atoms with Crippen LogP contribution in [0.2, 0.25) is 0 Å². The molecule has 0 aliphatic heterocycles. The summed E-state index contributed by atoms with van der Waals surface area (Å²) in [7, 11) is -6.64. The lowest BCUT2D eigenvalue weighted by Crippen LogP contribution is -2.18. The zero-order chi connectivity index (χ0) is 27.5. The number of sulfone groups is 1. The summed E-state index contributed by atoms with van der Waals surface area (Å²) in [6, 6.07) is 15.9. The minimum absolute atomic E-state index is 0.00361. The SMILES string of the molecule is COc1ccc(S(=O)(=O)Nc2ccccc2C(=O)Nc2ncc(S(=O)(=O)c3ccc([N+](=O)[O-])cc3)s2)cc1. The minimum atomic E-state index is -4.05. The number of anilines is 2. The van der Waals surface area contributed by atoms with E-state index in [1.165, 1.54) is 49.6 Å². The number of hydrogen-bond acceptors (Lipinski definition) is 10. The average Bonchev–Trinajstić information content (AvgIpc) is 3.38. The number of nitrogens with zero attached hydrogens (tertiary/aromatic N) is 2. The van der Waals surface area contributed by atoms with Crippen LogP contribution in [0.5, 0.6) is 5.75 Å². The van der Waals surface area contributed by atoms with Crippen molar-refractivity contribution in [2.75, 3.05) is 17.1 Å². The normalized spacial score (nSPS) is 11.5. The van der Waals surface area contributed by atoms with Gasteiger partial charge in [0, 0.05) is 12.1 Å². The summed E-state index contributed by atoms with van der Waals surface area (Å²) in [6.45, 7) is 0. The van der Waals surface area contributed by atoms with Gasteiger partial charge < -0.3 is 4.74 Å². The molecule has 38 heavy (non-hydrogen) atoms. The predicted molar refractivity (Wildman–Crippen MR) is 139 cm³/mol. The summed E-state index contributed by atoms with van der Waals surface area (Å²) >= 11 is 0.672. The number of para-hydroxylation sites is 1. The molecule has 0 saturated heterocycles. The summed E-state index contributed by atoms with van der Waals surface area (Å²) in [5.74, 6) is -0.256. The van der Waals surface area contributed by atoms with Gasteiger partial charge in [0.05, 0.1) is 39.3 Å². The maximum Gasteiger partial charge on any atom is 0.269 e. The lowest BCUT2D eigenvalue weighted by Gasteiger charge is -2.12. The molecule has 196 valence electrons. The highest BCUT2D eigenvalue weighted by Crippen LogP contribution is 2.30. The zero-order valence-corrected chi connectivity index (χ0v) is 21.8. The first-order chi connectivity index (χ1) is 18.0. The third-order valence-electron chi connectivity index (χ3n) is 5.11. The molecule has 1 heterocycles. The number of hydrogen-bond donors (Lipinski definition) is 2. The van der Waals surface area contributed by atoms with Crippen LogP contribution in [-0.2, 0) is 19.9 Å². The van der Waals surface area contributed by atoms with Gasteiger partial charge in [-0.05, 0) is 48.5 Å². The van der Waals surface area contributed by atoms with Gasteiger partial charge in [-0.1, -0.05) is 23.5 Å². The van der Waals surface area contributed by atoms with E-state index < -0.39 is 30.7 Å². The van der Waals surface area contributed by atoms with Gasteiger partial charge in [-0.15, -0.1) is 0 Å². The molecule has 1 aromatic heterocycles. The van der Waals surface area contributed by atoms with Crippen molar-refractivity contribution >= 4 is 53.6 Å². The molecule has 1 amide bonds. The highest BCUT2D eigenvalue weighted by atomic mass is 32.2. The molecule has 4 aromatic rings. The second-order valence-electron chi connectivity index (χ2n) is 7.52. The summed E-state index contributed by atoms with van der Waals surface area (Å²) < 4.78 is 58.6. The molecule has 0 fully saturated rings. The number of thiazole rings is 1. The van der Waals surface area contributed by atoms with Crippen LogP contribution in [0.1, 0.15) is 10.4 Å². The average molecular weight is 575 g/mol. The molecule has 3 aromatic carbocycles. The van der Waals surface area contributed by atoms with Gasteiger partial charge in [-0.3, -0.25) is 24.9 Å². The summed E-state index contributed by atoms with van der Waals surface area (Å²) in [4.78, 5) is 26.8. The number of amides is 1. The molecular formula is C23H18N4O8S3. The molecule has 0 unspecified atom stereocenters. The van der Waals surface area contributed by atoms with Crippen molar-refractivity contribution in [2.24, 2.45) is 0 Å². The third kappa shape index (κ3) is 5.64. The topological polar surface area (TPSA) is 175 Å². The standard InChI is InChI=1S/C23H18N4O8S3/c1-35-16-8-12-18(13-9-16)38(33,34)26-20-5-3-2-4-19(20)22(28)25-23-24-14-21(36-23)37(31,32)17-10-6-15(7-11-17)27(29)30/h2-14,26H,1H3,(H,24,25,28). The number of ether oxygens (including phenoxy) is 1. The number of benzene rings is 3. The number of carbonyl (C=O) groups excluding carboxylic acids is 1. The first kappa shape index (κ1) is 26.7. The van der Waals surface area contributed by atoms with Crippen molar-refractivity contribution in [3.05, 3.63) is 94.7 Å². The van der Waals surface area contributed by atoms with Crippen molar-refractivity contribution < 1.29 is 31.3 Å². The smallest absolute Gasteiger partial charge is 0.269 e. The lowest BCUT2D eigenvalue weighted by molar-refractivity contribution is -0.384. The number of non-ortho nitro benzene ring substituents is 1. The summed E-state index contributed by atoms with van der Waals surface area (Å²) in [6.07, 6.45) is 1.05. The highest BCUT2D eigenvalue weighted by molar-refractivity contribution is 7.93. The Balaban J connectivity index is 1.53. The first-order valence-electron chi connectivity index (χ1n) is 10.5. The number of nitrogens with one attached hydrogen (secondary N) is 2. The molecule has 2 N–H and O–H groups in total. The third-order valence-corrected chi connectivity index (χ3v) is 9.64. The molecule has 0 radical (unpaired) electrons. The Hall–Kier alpha value is -4.34. The Labute approximate surface area is 221 Å². The molecular weight excluding hydrogens is 556 g/mol. The molecule has 0 atom stereocenters.